The zero-order valence-electron chi connectivity index (χ0n) is 13.2. The Bertz CT molecular complexity index is 378. The number of hydrogen-bond acceptors (Lipinski definition) is 3. The number of carbonyl (C=O) groups excluding carboxylic acids is 1. The number of nitrogens with zero attached hydrogens (tertiary/aromatic N) is 1. The number of likely N-dealkylation sites (tertiary alicyclic amines) is 1. The molecule has 1 amide bonds. The van der Waals surface area contributed by atoms with Crippen LogP contribution < -0.4 is 5.32 Å². The fourth-order valence-corrected chi connectivity index (χ4v) is 3.74. The second kappa shape index (κ2) is 7.25. The van der Waals surface area contributed by atoms with Crippen LogP contribution in [0.15, 0.2) is 0 Å². The van der Waals surface area contributed by atoms with E-state index in [2.05, 4.69) is 17.1 Å². The number of carbonyl (C=O) groups is 2. The number of carboxylic acid groups (broad SMARTS) is 1. The molecule has 3 atom stereocenters. The molecular weight excluding hydrogens is 268 g/mol. The van der Waals surface area contributed by atoms with Crippen molar-refractivity contribution in [3.8, 4) is 0 Å². The van der Waals surface area contributed by atoms with E-state index in [4.69, 9.17) is 0 Å². The summed E-state index contributed by atoms with van der Waals surface area (Å²) in [6.07, 6.45) is 3.58. The van der Waals surface area contributed by atoms with Gasteiger partial charge in [-0.3, -0.25) is 9.59 Å². The first-order valence-electron chi connectivity index (χ1n) is 8.24. The van der Waals surface area contributed by atoms with Crippen molar-refractivity contribution in [3.63, 3.8) is 0 Å². The third-order valence-electron chi connectivity index (χ3n) is 5.17. The van der Waals surface area contributed by atoms with Crippen molar-refractivity contribution in [1.82, 2.24) is 10.2 Å². The summed E-state index contributed by atoms with van der Waals surface area (Å²) in [6.45, 7) is 8.22. The molecule has 0 spiro atoms. The van der Waals surface area contributed by atoms with Gasteiger partial charge in [-0.15, -0.1) is 0 Å². The lowest BCUT2D eigenvalue weighted by Crippen LogP contribution is -2.41. The standard InChI is InChI=1S/C16H28N2O3/c1-3-18-6-4-12(5-7-18)10-17-15(19)13-8-11(2)9-14(13)16(20)21/h11-14H,3-10H2,1-2H3,(H,17,19)(H,20,21)/t11?,13-,14+/m0/s1. The summed E-state index contributed by atoms with van der Waals surface area (Å²) < 4.78 is 0. The van der Waals surface area contributed by atoms with Crippen LogP contribution in [0.1, 0.15) is 39.5 Å². The molecule has 1 saturated heterocycles. The molecule has 2 N–H and O–H groups in total. The average molecular weight is 296 g/mol. The van der Waals surface area contributed by atoms with Gasteiger partial charge in [-0.05, 0) is 57.2 Å². The average Bonchev–Trinajstić information content (AvgIpc) is 2.87. The molecule has 5 heteroatoms. The SMILES string of the molecule is CCN1CCC(CNC(=O)[C@H]2CC(C)C[C@H]2C(=O)O)CC1. The lowest BCUT2D eigenvalue weighted by Gasteiger charge is -2.31. The van der Waals surface area contributed by atoms with Crippen LogP contribution in [0.5, 0.6) is 0 Å². The maximum Gasteiger partial charge on any atom is 0.307 e. The molecule has 0 aromatic heterocycles. The number of rotatable bonds is 5. The van der Waals surface area contributed by atoms with E-state index in [-0.39, 0.29) is 11.8 Å². The predicted octanol–water partition coefficient (Wildman–Crippen LogP) is 1.58. The molecule has 0 aromatic rings. The van der Waals surface area contributed by atoms with Gasteiger partial charge in [-0.2, -0.15) is 0 Å². The molecule has 1 saturated carbocycles. The van der Waals surface area contributed by atoms with Crippen LogP contribution >= 0.6 is 0 Å². The molecule has 1 unspecified atom stereocenters. The number of piperidine rings is 1. The number of nitrogens with one attached hydrogen (secondary N) is 1. The molecule has 1 aliphatic carbocycles. The second-order valence-electron chi connectivity index (χ2n) is 6.75. The van der Waals surface area contributed by atoms with Gasteiger partial charge in [-0.1, -0.05) is 13.8 Å². The third-order valence-corrected chi connectivity index (χ3v) is 5.17. The van der Waals surface area contributed by atoms with Gasteiger partial charge < -0.3 is 15.3 Å². The Morgan fingerprint density at radius 3 is 2.38 bits per heavy atom. The van der Waals surface area contributed by atoms with Gasteiger partial charge >= 0.3 is 5.97 Å². The van der Waals surface area contributed by atoms with Gasteiger partial charge in [0.25, 0.3) is 0 Å². The summed E-state index contributed by atoms with van der Waals surface area (Å²) in [6, 6.07) is 0. The molecule has 120 valence electrons. The van der Waals surface area contributed by atoms with E-state index in [1.54, 1.807) is 0 Å². The maximum absolute atomic E-state index is 12.3. The van der Waals surface area contributed by atoms with Crippen molar-refractivity contribution < 1.29 is 14.7 Å². The van der Waals surface area contributed by atoms with Crippen LogP contribution in [-0.4, -0.2) is 48.1 Å². The van der Waals surface area contributed by atoms with E-state index in [1.165, 1.54) is 0 Å². The van der Waals surface area contributed by atoms with E-state index < -0.39 is 11.9 Å². The van der Waals surface area contributed by atoms with Crippen LogP contribution in [0, 0.1) is 23.7 Å². The van der Waals surface area contributed by atoms with Crippen LogP contribution in [0.25, 0.3) is 0 Å². The Labute approximate surface area is 127 Å². The van der Waals surface area contributed by atoms with Crippen LogP contribution in [-0.2, 0) is 9.59 Å². The normalized spacial score (nSPS) is 31.2. The highest BCUT2D eigenvalue weighted by atomic mass is 16.4. The molecular formula is C16H28N2O3. The Morgan fingerprint density at radius 2 is 1.81 bits per heavy atom. The van der Waals surface area contributed by atoms with Gasteiger partial charge in [0, 0.05) is 6.54 Å². The summed E-state index contributed by atoms with van der Waals surface area (Å²) >= 11 is 0. The molecule has 0 aromatic carbocycles. The predicted molar refractivity (Wildman–Crippen MR) is 80.9 cm³/mol. The number of carboxylic acids is 1. The minimum atomic E-state index is -0.823. The van der Waals surface area contributed by atoms with E-state index in [9.17, 15) is 14.7 Å². The minimum absolute atomic E-state index is 0.0512. The number of aliphatic carboxylic acids is 1. The van der Waals surface area contributed by atoms with Crippen molar-refractivity contribution in [2.75, 3.05) is 26.2 Å². The molecule has 2 aliphatic rings. The van der Waals surface area contributed by atoms with Crippen molar-refractivity contribution >= 4 is 11.9 Å². The van der Waals surface area contributed by atoms with Crippen molar-refractivity contribution in [2.45, 2.75) is 39.5 Å². The summed E-state index contributed by atoms with van der Waals surface area (Å²) in [5.41, 5.74) is 0. The first-order valence-corrected chi connectivity index (χ1v) is 8.24. The third kappa shape index (κ3) is 4.19. The molecule has 0 bridgehead atoms. The largest absolute Gasteiger partial charge is 0.481 e. The summed E-state index contributed by atoms with van der Waals surface area (Å²) in [5.74, 6) is -0.843. The molecule has 1 heterocycles. The zero-order chi connectivity index (χ0) is 15.4. The van der Waals surface area contributed by atoms with E-state index in [0.717, 1.165) is 32.5 Å². The maximum atomic E-state index is 12.3. The zero-order valence-corrected chi connectivity index (χ0v) is 13.2. The van der Waals surface area contributed by atoms with E-state index in [0.29, 0.717) is 31.2 Å². The first kappa shape index (κ1) is 16.3. The van der Waals surface area contributed by atoms with Crippen molar-refractivity contribution in [1.29, 1.82) is 0 Å². The first-order chi connectivity index (χ1) is 10.0. The van der Waals surface area contributed by atoms with Crippen molar-refractivity contribution in [3.05, 3.63) is 0 Å². The smallest absolute Gasteiger partial charge is 0.307 e. The van der Waals surface area contributed by atoms with E-state index >= 15 is 0 Å². The monoisotopic (exact) mass is 296 g/mol. The Hall–Kier alpha value is -1.10. The Kier molecular flexibility index (Phi) is 5.62. The number of amides is 1. The Balaban J connectivity index is 1.78. The van der Waals surface area contributed by atoms with Crippen LogP contribution in [0.3, 0.4) is 0 Å². The quantitative estimate of drug-likeness (QED) is 0.808. The minimum Gasteiger partial charge on any atom is -0.481 e. The summed E-state index contributed by atoms with van der Waals surface area (Å²) in [7, 11) is 0. The molecule has 0 radical (unpaired) electrons. The summed E-state index contributed by atoms with van der Waals surface area (Å²) in [4.78, 5) is 26.0. The fraction of sp³-hybridized carbons (Fsp3) is 0.875. The molecule has 2 rings (SSSR count). The number of hydrogen-bond donors (Lipinski definition) is 2. The molecule has 1 aliphatic heterocycles. The van der Waals surface area contributed by atoms with Crippen LogP contribution in [0.2, 0.25) is 0 Å². The van der Waals surface area contributed by atoms with Crippen molar-refractivity contribution in [2.24, 2.45) is 23.7 Å². The second-order valence-corrected chi connectivity index (χ2v) is 6.75. The fourth-order valence-electron chi connectivity index (χ4n) is 3.74. The topological polar surface area (TPSA) is 69.6 Å². The van der Waals surface area contributed by atoms with Gasteiger partial charge in [-0.25, -0.2) is 0 Å². The Morgan fingerprint density at radius 1 is 1.19 bits per heavy atom. The molecule has 21 heavy (non-hydrogen) atoms. The highest BCUT2D eigenvalue weighted by molar-refractivity contribution is 5.85. The summed E-state index contributed by atoms with van der Waals surface area (Å²) in [5, 5.41) is 12.2. The highest BCUT2D eigenvalue weighted by Gasteiger charge is 2.41. The van der Waals surface area contributed by atoms with Gasteiger partial charge in [0.2, 0.25) is 5.91 Å². The lowest BCUT2D eigenvalue weighted by atomic mass is 9.93. The van der Waals surface area contributed by atoms with Gasteiger partial charge in [0.1, 0.15) is 0 Å². The highest BCUT2D eigenvalue weighted by Crippen LogP contribution is 2.36. The van der Waals surface area contributed by atoms with Crippen LogP contribution in [0.4, 0.5) is 0 Å². The molecule has 5 nitrogen and oxygen atoms in total. The van der Waals surface area contributed by atoms with Gasteiger partial charge in [0.15, 0.2) is 0 Å². The molecule has 2 fully saturated rings. The lowest BCUT2D eigenvalue weighted by molar-refractivity contribution is -0.146. The van der Waals surface area contributed by atoms with Gasteiger partial charge in [0.05, 0.1) is 11.8 Å². The van der Waals surface area contributed by atoms with E-state index in [1.807, 2.05) is 6.92 Å².